The fraction of sp³-hybridized carbons (Fsp3) is 0.471. The molecule has 2 aromatic rings. The summed E-state index contributed by atoms with van der Waals surface area (Å²) in [7, 11) is 0. The van der Waals surface area contributed by atoms with Gasteiger partial charge in [-0.25, -0.2) is 0 Å². The lowest BCUT2D eigenvalue weighted by Gasteiger charge is -2.20. The van der Waals surface area contributed by atoms with Crippen molar-refractivity contribution < 1.29 is 0 Å². The first-order valence-corrected chi connectivity index (χ1v) is 7.36. The minimum Gasteiger partial charge on any atom is -0.398 e. The molecule has 1 fully saturated rings. The van der Waals surface area contributed by atoms with E-state index < -0.39 is 0 Å². The van der Waals surface area contributed by atoms with Crippen LogP contribution in [0, 0.1) is 12.3 Å². The third-order valence-corrected chi connectivity index (χ3v) is 4.40. The van der Waals surface area contributed by atoms with Crippen LogP contribution < -0.4 is 11.1 Å². The maximum atomic E-state index is 6.06. The van der Waals surface area contributed by atoms with Gasteiger partial charge in [-0.3, -0.25) is 4.98 Å². The SMILES string of the molecule is Cc1cc2c(NC3CCC(C)(C)C3)ccc(N)c2cn1. The van der Waals surface area contributed by atoms with Crippen LogP contribution in [-0.4, -0.2) is 11.0 Å². The molecule has 1 aromatic heterocycles. The molecule has 1 saturated carbocycles. The van der Waals surface area contributed by atoms with Crippen LogP contribution in [-0.2, 0) is 0 Å². The molecule has 3 rings (SSSR count). The number of benzene rings is 1. The van der Waals surface area contributed by atoms with Crippen LogP contribution in [0.5, 0.6) is 0 Å². The van der Waals surface area contributed by atoms with Crippen molar-refractivity contribution in [2.75, 3.05) is 11.1 Å². The second-order valence-electron chi connectivity index (χ2n) is 6.82. The summed E-state index contributed by atoms with van der Waals surface area (Å²) in [6.07, 6.45) is 5.63. The summed E-state index contributed by atoms with van der Waals surface area (Å²) in [5, 5.41) is 5.93. The lowest BCUT2D eigenvalue weighted by atomic mass is 9.92. The van der Waals surface area contributed by atoms with Gasteiger partial charge >= 0.3 is 0 Å². The van der Waals surface area contributed by atoms with E-state index in [-0.39, 0.29) is 0 Å². The zero-order chi connectivity index (χ0) is 14.3. The van der Waals surface area contributed by atoms with Crippen molar-refractivity contribution in [1.29, 1.82) is 0 Å². The summed E-state index contributed by atoms with van der Waals surface area (Å²) in [5.41, 5.74) is 9.52. The molecule has 1 atom stereocenters. The Labute approximate surface area is 120 Å². The molecule has 0 saturated heterocycles. The number of nitrogens with zero attached hydrogens (tertiary/aromatic N) is 1. The molecule has 0 spiro atoms. The second kappa shape index (κ2) is 4.65. The molecule has 1 aromatic carbocycles. The maximum Gasteiger partial charge on any atom is 0.0424 e. The van der Waals surface area contributed by atoms with Gasteiger partial charge in [-0.05, 0) is 49.8 Å². The van der Waals surface area contributed by atoms with Gasteiger partial charge in [0.2, 0.25) is 0 Å². The smallest absolute Gasteiger partial charge is 0.0424 e. The number of anilines is 2. The first-order valence-electron chi connectivity index (χ1n) is 7.36. The van der Waals surface area contributed by atoms with E-state index >= 15 is 0 Å². The number of pyridine rings is 1. The quantitative estimate of drug-likeness (QED) is 0.806. The van der Waals surface area contributed by atoms with Crippen molar-refractivity contribution in [3.8, 4) is 0 Å². The van der Waals surface area contributed by atoms with Crippen LogP contribution in [0.4, 0.5) is 11.4 Å². The molecule has 0 radical (unpaired) electrons. The van der Waals surface area contributed by atoms with E-state index in [1.54, 1.807) is 0 Å². The molecule has 3 nitrogen and oxygen atoms in total. The Kier molecular flexibility index (Phi) is 3.08. The minimum atomic E-state index is 0.457. The highest BCUT2D eigenvalue weighted by Crippen LogP contribution is 2.39. The predicted octanol–water partition coefficient (Wildman–Crippen LogP) is 4.12. The molecule has 1 aliphatic carbocycles. The Hall–Kier alpha value is -1.77. The van der Waals surface area contributed by atoms with Crippen molar-refractivity contribution in [2.24, 2.45) is 5.41 Å². The van der Waals surface area contributed by atoms with Gasteiger partial charge in [0, 0.05) is 40.1 Å². The van der Waals surface area contributed by atoms with Gasteiger partial charge in [0.15, 0.2) is 0 Å². The maximum absolute atomic E-state index is 6.06. The first kappa shape index (κ1) is 13.2. The summed E-state index contributed by atoms with van der Waals surface area (Å²) < 4.78 is 0. The van der Waals surface area contributed by atoms with Gasteiger partial charge in [-0.1, -0.05) is 13.8 Å². The zero-order valence-corrected chi connectivity index (χ0v) is 12.5. The Morgan fingerprint density at radius 3 is 2.80 bits per heavy atom. The van der Waals surface area contributed by atoms with E-state index in [0.717, 1.165) is 16.8 Å². The number of fused-ring (bicyclic) bond motifs is 1. The lowest BCUT2D eigenvalue weighted by molar-refractivity contribution is 0.378. The Bertz CT molecular complexity index is 646. The van der Waals surface area contributed by atoms with E-state index in [9.17, 15) is 0 Å². The van der Waals surface area contributed by atoms with Gasteiger partial charge in [-0.2, -0.15) is 0 Å². The summed E-state index contributed by atoms with van der Waals surface area (Å²) >= 11 is 0. The fourth-order valence-corrected chi connectivity index (χ4v) is 3.27. The fourth-order valence-electron chi connectivity index (χ4n) is 3.27. The molecule has 20 heavy (non-hydrogen) atoms. The van der Waals surface area contributed by atoms with Gasteiger partial charge < -0.3 is 11.1 Å². The lowest BCUT2D eigenvalue weighted by Crippen LogP contribution is -2.17. The molecule has 0 amide bonds. The molecule has 3 heteroatoms. The highest BCUT2D eigenvalue weighted by molar-refractivity contribution is 6.00. The van der Waals surface area contributed by atoms with Crippen LogP contribution in [0.1, 0.15) is 38.8 Å². The number of aromatic nitrogens is 1. The number of nitrogens with two attached hydrogens (primary N) is 1. The van der Waals surface area contributed by atoms with Gasteiger partial charge in [0.1, 0.15) is 0 Å². The van der Waals surface area contributed by atoms with Crippen LogP contribution in [0.15, 0.2) is 24.4 Å². The molecule has 3 N–H and O–H groups in total. The number of aryl methyl sites for hydroxylation is 1. The van der Waals surface area contributed by atoms with Crippen LogP contribution in [0.2, 0.25) is 0 Å². The molecule has 106 valence electrons. The van der Waals surface area contributed by atoms with Crippen molar-refractivity contribution in [1.82, 2.24) is 4.98 Å². The van der Waals surface area contributed by atoms with Gasteiger partial charge in [-0.15, -0.1) is 0 Å². The van der Waals surface area contributed by atoms with Crippen LogP contribution in [0.3, 0.4) is 0 Å². The number of hydrogen-bond acceptors (Lipinski definition) is 3. The molecular formula is C17H23N3. The van der Waals surface area contributed by atoms with E-state index in [2.05, 4.69) is 36.3 Å². The Morgan fingerprint density at radius 1 is 1.30 bits per heavy atom. The van der Waals surface area contributed by atoms with E-state index in [1.165, 1.54) is 30.3 Å². The number of rotatable bonds is 2. The molecule has 1 aliphatic rings. The van der Waals surface area contributed by atoms with Crippen LogP contribution >= 0.6 is 0 Å². The Morgan fingerprint density at radius 2 is 2.10 bits per heavy atom. The van der Waals surface area contributed by atoms with Crippen molar-refractivity contribution >= 4 is 22.1 Å². The normalized spacial score (nSPS) is 21.2. The highest BCUT2D eigenvalue weighted by Gasteiger charge is 2.30. The average molecular weight is 269 g/mol. The summed E-state index contributed by atoms with van der Waals surface area (Å²) in [4.78, 5) is 4.36. The third kappa shape index (κ3) is 2.45. The summed E-state index contributed by atoms with van der Waals surface area (Å²) in [5.74, 6) is 0. The minimum absolute atomic E-state index is 0.457. The third-order valence-electron chi connectivity index (χ3n) is 4.40. The van der Waals surface area contributed by atoms with Crippen molar-refractivity contribution in [2.45, 2.75) is 46.1 Å². The number of nitrogens with one attached hydrogen (secondary N) is 1. The topological polar surface area (TPSA) is 50.9 Å². The van der Waals surface area contributed by atoms with Crippen molar-refractivity contribution in [3.63, 3.8) is 0 Å². The first-order chi connectivity index (χ1) is 9.44. The van der Waals surface area contributed by atoms with Gasteiger partial charge in [0.05, 0.1) is 0 Å². The molecule has 0 bridgehead atoms. The predicted molar refractivity (Wildman–Crippen MR) is 85.9 cm³/mol. The largest absolute Gasteiger partial charge is 0.398 e. The van der Waals surface area contributed by atoms with Crippen LogP contribution in [0.25, 0.3) is 10.8 Å². The van der Waals surface area contributed by atoms with Crippen molar-refractivity contribution in [3.05, 3.63) is 30.1 Å². The summed E-state index contributed by atoms with van der Waals surface area (Å²) in [6.45, 7) is 6.72. The standard InChI is InChI=1S/C17H23N3/c1-11-8-13-14(10-19-11)15(18)4-5-16(13)20-12-6-7-17(2,3)9-12/h4-5,8,10,12,20H,6-7,9,18H2,1-3H3. The monoisotopic (exact) mass is 269 g/mol. The summed E-state index contributed by atoms with van der Waals surface area (Å²) in [6, 6.07) is 6.75. The van der Waals surface area contributed by atoms with E-state index in [0.29, 0.717) is 11.5 Å². The number of nitrogen functional groups attached to an aromatic ring is 1. The molecule has 1 heterocycles. The Balaban J connectivity index is 1.96. The van der Waals surface area contributed by atoms with E-state index in [1.807, 2.05) is 19.2 Å². The highest BCUT2D eigenvalue weighted by atomic mass is 14.9. The van der Waals surface area contributed by atoms with E-state index in [4.69, 9.17) is 5.73 Å². The van der Waals surface area contributed by atoms with Gasteiger partial charge in [0.25, 0.3) is 0 Å². The molecule has 1 unspecified atom stereocenters. The molecule has 0 aliphatic heterocycles. The second-order valence-corrected chi connectivity index (χ2v) is 6.82. The number of hydrogen-bond donors (Lipinski definition) is 2. The zero-order valence-electron chi connectivity index (χ0n) is 12.5. The molecular weight excluding hydrogens is 246 g/mol. The average Bonchev–Trinajstić information content (AvgIpc) is 2.72.